The predicted octanol–water partition coefficient (Wildman–Crippen LogP) is 2.90. The van der Waals surface area contributed by atoms with E-state index >= 15 is 0 Å². The normalized spacial score (nSPS) is 14.6. The van der Waals surface area contributed by atoms with E-state index in [0.29, 0.717) is 18.6 Å². The number of hydrogen-bond donors (Lipinski definition) is 1. The van der Waals surface area contributed by atoms with Crippen LogP contribution in [0.2, 0.25) is 0 Å². The number of benzene rings is 1. The second-order valence-corrected chi connectivity index (χ2v) is 4.00. The topological polar surface area (TPSA) is 26.0 Å². The summed E-state index contributed by atoms with van der Waals surface area (Å²) < 4.78 is 39.8. The summed E-state index contributed by atoms with van der Waals surface area (Å²) in [6, 6.07) is 1.32. The molecule has 2 N–H and O–H groups in total. The summed E-state index contributed by atoms with van der Waals surface area (Å²) in [4.78, 5) is 0. The SMILES string of the molecule is C=CCC(C)(CN)c1c(F)cc(F)cc1F. The third-order valence-electron chi connectivity index (χ3n) is 2.66. The Morgan fingerprint density at radius 3 is 2.19 bits per heavy atom. The van der Waals surface area contributed by atoms with Gasteiger partial charge in [0, 0.05) is 29.7 Å². The maximum atomic E-state index is 13.5. The van der Waals surface area contributed by atoms with Crippen molar-refractivity contribution in [2.75, 3.05) is 6.54 Å². The monoisotopic (exact) mass is 229 g/mol. The minimum absolute atomic E-state index is 0.0541. The molecule has 0 saturated heterocycles. The minimum Gasteiger partial charge on any atom is -0.330 e. The van der Waals surface area contributed by atoms with Crippen molar-refractivity contribution in [2.45, 2.75) is 18.8 Å². The molecule has 88 valence electrons. The molecule has 1 atom stereocenters. The molecule has 1 nitrogen and oxygen atoms in total. The van der Waals surface area contributed by atoms with E-state index in [1.807, 2.05) is 0 Å². The van der Waals surface area contributed by atoms with Gasteiger partial charge in [0.05, 0.1) is 0 Å². The first-order valence-corrected chi connectivity index (χ1v) is 4.90. The molecule has 0 aliphatic heterocycles. The average Bonchev–Trinajstić information content (AvgIpc) is 2.16. The molecule has 0 spiro atoms. The maximum absolute atomic E-state index is 13.5. The number of halogens is 3. The molecule has 0 radical (unpaired) electrons. The third kappa shape index (κ3) is 2.27. The predicted molar refractivity (Wildman–Crippen MR) is 57.5 cm³/mol. The third-order valence-corrected chi connectivity index (χ3v) is 2.66. The van der Waals surface area contributed by atoms with E-state index < -0.39 is 22.9 Å². The lowest BCUT2D eigenvalue weighted by molar-refractivity contribution is 0.419. The first kappa shape index (κ1) is 12.8. The van der Waals surface area contributed by atoms with Gasteiger partial charge in [0.2, 0.25) is 0 Å². The Bertz CT molecular complexity index is 380. The van der Waals surface area contributed by atoms with Gasteiger partial charge in [-0.25, -0.2) is 13.2 Å². The molecule has 0 aromatic heterocycles. The maximum Gasteiger partial charge on any atom is 0.132 e. The van der Waals surface area contributed by atoms with Crippen LogP contribution in [0, 0.1) is 17.5 Å². The van der Waals surface area contributed by atoms with Gasteiger partial charge in [0.15, 0.2) is 0 Å². The van der Waals surface area contributed by atoms with Crippen molar-refractivity contribution in [2.24, 2.45) is 5.73 Å². The summed E-state index contributed by atoms with van der Waals surface area (Å²) in [7, 11) is 0. The van der Waals surface area contributed by atoms with E-state index in [9.17, 15) is 13.2 Å². The largest absolute Gasteiger partial charge is 0.330 e. The molecule has 0 amide bonds. The van der Waals surface area contributed by atoms with Crippen LogP contribution in [-0.2, 0) is 5.41 Å². The number of nitrogens with two attached hydrogens (primary N) is 1. The lowest BCUT2D eigenvalue weighted by Gasteiger charge is -2.28. The highest BCUT2D eigenvalue weighted by molar-refractivity contribution is 5.30. The molecule has 1 rings (SSSR count). The summed E-state index contributed by atoms with van der Waals surface area (Å²) >= 11 is 0. The Morgan fingerprint density at radius 2 is 1.81 bits per heavy atom. The van der Waals surface area contributed by atoms with Gasteiger partial charge >= 0.3 is 0 Å². The lowest BCUT2D eigenvalue weighted by atomic mass is 9.79. The molecule has 1 unspecified atom stereocenters. The second-order valence-electron chi connectivity index (χ2n) is 4.00. The average molecular weight is 229 g/mol. The number of hydrogen-bond acceptors (Lipinski definition) is 1. The second kappa shape index (κ2) is 4.70. The van der Waals surface area contributed by atoms with Crippen LogP contribution >= 0.6 is 0 Å². The van der Waals surface area contributed by atoms with Crippen molar-refractivity contribution in [3.05, 3.63) is 47.8 Å². The highest BCUT2D eigenvalue weighted by Gasteiger charge is 2.30. The fourth-order valence-corrected chi connectivity index (χ4v) is 1.72. The summed E-state index contributed by atoms with van der Waals surface area (Å²) in [6.07, 6.45) is 1.86. The Kier molecular flexibility index (Phi) is 3.75. The highest BCUT2D eigenvalue weighted by atomic mass is 19.1. The fourth-order valence-electron chi connectivity index (χ4n) is 1.72. The molecule has 1 aromatic rings. The molecular weight excluding hydrogens is 215 g/mol. The van der Waals surface area contributed by atoms with Gasteiger partial charge in [-0.3, -0.25) is 0 Å². The van der Waals surface area contributed by atoms with Crippen LogP contribution in [0.5, 0.6) is 0 Å². The van der Waals surface area contributed by atoms with Gasteiger partial charge in [-0.15, -0.1) is 6.58 Å². The first-order chi connectivity index (χ1) is 7.44. The van der Waals surface area contributed by atoms with Crippen LogP contribution in [-0.4, -0.2) is 6.54 Å². The highest BCUT2D eigenvalue weighted by Crippen LogP contribution is 2.31. The van der Waals surface area contributed by atoms with E-state index in [4.69, 9.17) is 5.73 Å². The van der Waals surface area contributed by atoms with Crippen LogP contribution in [0.3, 0.4) is 0 Å². The molecule has 16 heavy (non-hydrogen) atoms. The van der Waals surface area contributed by atoms with Crippen molar-refractivity contribution in [1.82, 2.24) is 0 Å². The standard InChI is InChI=1S/C12H14F3N/c1-3-4-12(2,7-16)11-9(14)5-8(13)6-10(11)15/h3,5-6H,1,4,7,16H2,2H3. The van der Waals surface area contributed by atoms with Crippen LogP contribution in [0.15, 0.2) is 24.8 Å². The Hall–Kier alpha value is -1.29. The molecule has 4 heteroatoms. The summed E-state index contributed by atoms with van der Waals surface area (Å²) in [5.41, 5.74) is 4.44. The van der Waals surface area contributed by atoms with Gasteiger partial charge < -0.3 is 5.73 Å². The number of allylic oxidation sites excluding steroid dienone is 1. The van der Waals surface area contributed by atoms with Crippen LogP contribution in [0.4, 0.5) is 13.2 Å². The Balaban J connectivity index is 3.35. The summed E-state index contributed by atoms with van der Waals surface area (Å²) in [6.45, 7) is 5.19. The van der Waals surface area contributed by atoms with E-state index in [1.165, 1.54) is 6.08 Å². The van der Waals surface area contributed by atoms with Gasteiger partial charge in [0.25, 0.3) is 0 Å². The lowest BCUT2D eigenvalue weighted by Crippen LogP contribution is -2.33. The number of rotatable bonds is 4. The zero-order valence-corrected chi connectivity index (χ0v) is 9.06. The minimum atomic E-state index is -0.934. The van der Waals surface area contributed by atoms with Crippen molar-refractivity contribution >= 4 is 0 Å². The van der Waals surface area contributed by atoms with Crippen molar-refractivity contribution in [3.63, 3.8) is 0 Å². The summed E-state index contributed by atoms with van der Waals surface area (Å²) in [5.74, 6) is -2.75. The van der Waals surface area contributed by atoms with Gasteiger partial charge in [0.1, 0.15) is 17.5 Å². The zero-order chi connectivity index (χ0) is 12.3. The van der Waals surface area contributed by atoms with Crippen LogP contribution in [0.1, 0.15) is 18.9 Å². The van der Waals surface area contributed by atoms with Crippen molar-refractivity contribution in [1.29, 1.82) is 0 Å². The van der Waals surface area contributed by atoms with Crippen molar-refractivity contribution in [3.8, 4) is 0 Å². The van der Waals surface area contributed by atoms with Crippen LogP contribution < -0.4 is 5.73 Å². The molecule has 0 heterocycles. The summed E-state index contributed by atoms with van der Waals surface area (Å²) in [5, 5.41) is 0. The molecule has 0 saturated carbocycles. The van der Waals surface area contributed by atoms with Gasteiger partial charge in [-0.2, -0.15) is 0 Å². The van der Waals surface area contributed by atoms with E-state index in [2.05, 4.69) is 6.58 Å². The van der Waals surface area contributed by atoms with Crippen molar-refractivity contribution < 1.29 is 13.2 Å². The van der Waals surface area contributed by atoms with Gasteiger partial charge in [-0.1, -0.05) is 13.0 Å². The van der Waals surface area contributed by atoms with E-state index in [0.717, 1.165) is 0 Å². The molecule has 0 fully saturated rings. The Morgan fingerprint density at radius 1 is 1.31 bits per heavy atom. The molecule has 0 aliphatic rings. The van der Waals surface area contributed by atoms with Crippen LogP contribution in [0.25, 0.3) is 0 Å². The molecule has 1 aromatic carbocycles. The smallest absolute Gasteiger partial charge is 0.132 e. The quantitative estimate of drug-likeness (QED) is 0.789. The zero-order valence-electron chi connectivity index (χ0n) is 9.06. The van der Waals surface area contributed by atoms with E-state index in [1.54, 1.807) is 6.92 Å². The Labute approximate surface area is 92.8 Å². The van der Waals surface area contributed by atoms with E-state index in [-0.39, 0.29) is 12.1 Å². The fraction of sp³-hybridized carbons (Fsp3) is 0.333. The van der Waals surface area contributed by atoms with Gasteiger partial charge in [-0.05, 0) is 6.42 Å². The molecular formula is C12H14F3N. The molecule has 0 aliphatic carbocycles. The first-order valence-electron chi connectivity index (χ1n) is 4.90. The molecule has 0 bridgehead atoms.